The standard InChI is InChI=1S/C13H21NO/c14-9-12-7-4-8-13(12)15-10-11-5-2-1-3-6-11/h11-13H,1-8,10H2. The molecule has 2 aliphatic carbocycles. The third-order valence-corrected chi connectivity index (χ3v) is 3.89. The van der Waals surface area contributed by atoms with Gasteiger partial charge in [0.2, 0.25) is 0 Å². The summed E-state index contributed by atoms with van der Waals surface area (Å²) >= 11 is 0. The highest BCUT2D eigenvalue weighted by atomic mass is 16.5. The fourth-order valence-electron chi connectivity index (χ4n) is 2.89. The zero-order valence-corrected chi connectivity index (χ0v) is 9.45. The lowest BCUT2D eigenvalue weighted by molar-refractivity contribution is 0.0111. The van der Waals surface area contributed by atoms with Gasteiger partial charge in [0.15, 0.2) is 0 Å². The van der Waals surface area contributed by atoms with Gasteiger partial charge in [-0.2, -0.15) is 5.26 Å². The quantitative estimate of drug-likeness (QED) is 0.711. The van der Waals surface area contributed by atoms with Crippen molar-refractivity contribution >= 4 is 0 Å². The Kier molecular flexibility index (Phi) is 4.02. The molecule has 0 aromatic heterocycles. The molecule has 84 valence electrons. The Morgan fingerprint density at radius 1 is 1.00 bits per heavy atom. The molecule has 0 bridgehead atoms. The van der Waals surface area contributed by atoms with E-state index in [4.69, 9.17) is 10.00 Å². The second kappa shape index (κ2) is 5.51. The minimum Gasteiger partial charge on any atom is -0.377 e. The van der Waals surface area contributed by atoms with E-state index in [0.717, 1.165) is 25.4 Å². The van der Waals surface area contributed by atoms with Crippen molar-refractivity contribution < 1.29 is 4.74 Å². The van der Waals surface area contributed by atoms with Crippen molar-refractivity contribution in [3.8, 4) is 6.07 Å². The van der Waals surface area contributed by atoms with Crippen LogP contribution in [0.15, 0.2) is 0 Å². The molecule has 15 heavy (non-hydrogen) atoms. The third kappa shape index (κ3) is 2.95. The van der Waals surface area contributed by atoms with Gasteiger partial charge >= 0.3 is 0 Å². The Balaban J connectivity index is 1.70. The zero-order chi connectivity index (χ0) is 10.5. The number of ether oxygens (including phenoxy) is 1. The largest absolute Gasteiger partial charge is 0.377 e. The minimum atomic E-state index is 0.175. The molecule has 0 saturated heterocycles. The van der Waals surface area contributed by atoms with Crippen molar-refractivity contribution in [3.05, 3.63) is 0 Å². The van der Waals surface area contributed by atoms with Crippen LogP contribution >= 0.6 is 0 Å². The molecule has 0 amide bonds. The summed E-state index contributed by atoms with van der Waals surface area (Å²) in [6.45, 7) is 0.906. The van der Waals surface area contributed by atoms with Crippen LogP contribution in [-0.4, -0.2) is 12.7 Å². The molecule has 2 saturated carbocycles. The SMILES string of the molecule is N#CC1CCCC1OCC1CCCCC1. The molecule has 2 aliphatic rings. The molecular weight excluding hydrogens is 186 g/mol. The molecule has 0 spiro atoms. The second-order valence-electron chi connectivity index (χ2n) is 5.04. The van der Waals surface area contributed by atoms with Gasteiger partial charge in [-0.25, -0.2) is 0 Å². The van der Waals surface area contributed by atoms with E-state index in [2.05, 4.69) is 6.07 Å². The Morgan fingerprint density at radius 2 is 1.80 bits per heavy atom. The smallest absolute Gasteiger partial charge is 0.0733 e. The first-order valence-electron chi connectivity index (χ1n) is 6.41. The van der Waals surface area contributed by atoms with Crippen LogP contribution in [0.1, 0.15) is 51.4 Å². The summed E-state index contributed by atoms with van der Waals surface area (Å²) in [6.07, 6.45) is 10.4. The highest BCUT2D eigenvalue weighted by Gasteiger charge is 2.28. The fraction of sp³-hybridized carbons (Fsp3) is 0.923. The van der Waals surface area contributed by atoms with Crippen molar-refractivity contribution in [2.45, 2.75) is 57.5 Å². The van der Waals surface area contributed by atoms with Crippen LogP contribution in [0.2, 0.25) is 0 Å². The molecule has 2 fully saturated rings. The molecule has 2 atom stereocenters. The Bertz CT molecular complexity index is 227. The zero-order valence-electron chi connectivity index (χ0n) is 9.45. The fourth-order valence-corrected chi connectivity index (χ4v) is 2.89. The number of nitriles is 1. The van der Waals surface area contributed by atoms with Crippen LogP contribution in [0, 0.1) is 23.2 Å². The maximum Gasteiger partial charge on any atom is 0.0733 e. The van der Waals surface area contributed by atoms with Gasteiger partial charge in [0.25, 0.3) is 0 Å². The van der Waals surface area contributed by atoms with E-state index in [9.17, 15) is 0 Å². The maximum atomic E-state index is 8.94. The molecule has 0 aliphatic heterocycles. The summed E-state index contributed by atoms with van der Waals surface area (Å²) in [5.41, 5.74) is 0. The van der Waals surface area contributed by atoms with Crippen LogP contribution < -0.4 is 0 Å². The van der Waals surface area contributed by atoms with Crippen molar-refractivity contribution in [2.24, 2.45) is 11.8 Å². The minimum absolute atomic E-state index is 0.175. The van der Waals surface area contributed by atoms with E-state index >= 15 is 0 Å². The molecule has 0 aromatic rings. The lowest BCUT2D eigenvalue weighted by Gasteiger charge is -2.24. The number of nitrogens with zero attached hydrogens (tertiary/aromatic N) is 1. The normalized spacial score (nSPS) is 32.7. The summed E-state index contributed by atoms with van der Waals surface area (Å²) in [7, 11) is 0. The van der Waals surface area contributed by atoms with Gasteiger partial charge in [-0.1, -0.05) is 19.3 Å². The Hall–Kier alpha value is -0.550. The second-order valence-corrected chi connectivity index (χ2v) is 5.04. The van der Waals surface area contributed by atoms with Gasteiger partial charge in [-0.3, -0.25) is 0 Å². The van der Waals surface area contributed by atoms with Crippen molar-refractivity contribution in [1.82, 2.24) is 0 Å². The first-order chi connectivity index (χ1) is 7.40. The first kappa shape index (κ1) is 11.0. The Morgan fingerprint density at radius 3 is 2.53 bits per heavy atom. The summed E-state index contributed by atoms with van der Waals surface area (Å²) in [5.74, 6) is 0.951. The van der Waals surface area contributed by atoms with E-state index < -0.39 is 0 Å². The lowest BCUT2D eigenvalue weighted by Crippen LogP contribution is -2.22. The molecule has 2 heteroatoms. The maximum absolute atomic E-state index is 8.94. The predicted molar refractivity (Wildman–Crippen MR) is 59.3 cm³/mol. The molecular formula is C13H21NO. The van der Waals surface area contributed by atoms with Gasteiger partial charge in [0.1, 0.15) is 0 Å². The van der Waals surface area contributed by atoms with Crippen molar-refractivity contribution in [3.63, 3.8) is 0 Å². The molecule has 0 heterocycles. The van der Waals surface area contributed by atoms with Gasteiger partial charge in [-0.05, 0) is 38.0 Å². The average molecular weight is 207 g/mol. The molecule has 0 aromatic carbocycles. The van der Waals surface area contributed by atoms with Crippen LogP contribution in [0.3, 0.4) is 0 Å². The van der Waals surface area contributed by atoms with E-state index in [1.54, 1.807) is 0 Å². The highest BCUT2D eigenvalue weighted by Crippen LogP contribution is 2.30. The van der Waals surface area contributed by atoms with Crippen molar-refractivity contribution in [1.29, 1.82) is 5.26 Å². The van der Waals surface area contributed by atoms with Crippen LogP contribution in [0.5, 0.6) is 0 Å². The summed E-state index contributed by atoms with van der Waals surface area (Å²) in [5, 5.41) is 8.94. The Labute approximate surface area is 92.6 Å². The summed E-state index contributed by atoms with van der Waals surface area (Å²) in [4.78, 5) is 0. The van der Waals surface area contributed by atoms with Gasteiger partial charge < -0.3 is 4.74 Å². The van der Waals surface area contributed by atoms with Crippen LogP contribution in [0.25, 0.3) is 0 Å². The van der Waals surface area contributed by atoms with Gasteiger partial charge in [0.05, 0.1) is 18.1 Å². The summed E-state index contributed by atoms with van der Waals surface area (Å²) < 4.78 is 5.92. The van der Waals surface area contributed by atoms with E-state index in [1.807, 2.05) is 0 Å². The lowest BCUT2D eigenvalue weighted by atomic mass is 9.90. The molecule has 2 unspecified atom stereocenters. The van der Waals surface area contributed by atoms with Crippen LogP contribution in [-0.2, 0) is 4.74 Å². The summed E-state index contributed by atoms with van der Waals surface area (Å²) in [6, 6.07) is 2.38. The average Bonchev–Trinajstić information content (AvgIpc) is 2.75. The molecule has 0 radical (unpaired) electrons. The number of rotatable bonds is 3. The molecule has 2 rings (SSSR count). The highest BCUT2D eigenvalue weighted by molar-refractivity contribution is 4.93. The van der Waals surface area contributed by atoms with Gasteiger partial charge in [0, 0.05) is 6.61 Å². The van der Waals surface area contributed by atoms with Gasteiger partial charge in [-0.15, -0.1) is 0 Å². The number of hydrogen-bond acceptors (Lipinski definition) is 2. The first-order valence-corrected chi connectivity index (χ1v) is 6.41. The predicted octanol–water partition coefficient (Wildman–Crippen LogP) is 3.28. The third-order valence-electron chi connectivity index (χ3n) is 3.89. The van der Waals surface area contributed by atoms with Crippen LogP contribution in [0.4, 0.5) is 0 Å². The molecule has 0 N–H and O–H groups in total. The number of hydrogen-bond donors (Lipinski definition) is 0. The molecule has 2 nitrogen and oxygen atoms in total. The van der Waals surface area contributed by atoms with E-state index in [0.29, 0.717) is 0 Å². The van der Waals surface area contributed by atoms with E-state index in [1.165, 1.54) is 38.5 Å². The monoisotopic (exact) mass is 207 g/mol. The van der Waals surface area contributed by atoms with Crippen molar-refractivity contribution in [2.75, 3.05) is 6.61 Å². The van der Waals surface area contributed by atoms with E-state index in [-0.39, 0.29) is 12.0 Å². The topological polar surface area (TPSA) is 33.0 Å².